The van der Waals surface area contributed by atoms with Gasteiger partial charge in [-0.1, -0.05) is 12.1 Å². The summed E-state index contributed by atoms with van der Waals surface area (Å²) in [6.07, 6.45) is 0. The van der Waals surface area contributed by atoms with Gasteiger partial charge in [0, 0.05) is 5.01 Å². The Kier molecular flexibility index (Phi) is 1.42. The summed E-state index contributed by atoms with van der Waals surface area (Å²) in [5.74, 6) is 0.117. The number of fused-ring (bicyclic) bond motifs is 1. The second kappa shape index (κ2) is 2.55. The molecule has 2 aromatic rings. The van der Waals surface area contributed by atoms with Crippen LogP contribution in [-0.2, 0) is 0 Å². The van der Waals surface area contributed by atoms with Crippen molar-refractivity contribution in [3.05, 3.63) is 40.4 Å². The molecule has 0 spiro atoms. The largest absolute Gasteiger partial charge is 0.498 e. The van der Waals surface area contributed by atoms with Gasteiger partial charge in [0.15, 0.2) is 5.58 Å². The Morgan fingerprint density at radius 3 is 3.00 bits per heavy atom. The number of hydrogen-bond donors (Lipinski definition) is 0. The molecule has 0 aliphatic heterocycles. The molecule has 4 nitrogen and oxygen atoms in total. The second-order valence-corrected chi connectivity index (χ2v) is 2.19. The highest BCUT2D eigenvalue weighted by Crippen LogP contribution is 2.13. The van der Waals surface area contributed by atoms with Crippen molar-refractivity contribution in [2.24, 2.45) is 0 Å². The lowest BCUT2D eigenvalue weighted by molar-refractivity contribution is 0.586. The monoisotopic (exact) mass is 160 g/mol. The van der Waals surface area contributed by atoms with Gasteiger partial charge in [0.25, 0.3) is 0 Å². The second-order valence-electron chi connectivity index (χ2n) is 2.19. The van der Waals surface area contributed by atoms with Crippen LogP contribution in [0.2, 0.25) is 0 Å². The molecule has 0 amide bonds. The molecule has 12 heavy (non-hydrogen) atoms. The Morgan fingerprint density at radius 2 is 2.25 bits per heavy atom. The first-order valence-corrected chi connectivity index (χ1v) is 3.34. The van der Waals surface area contributed by atoms with Crippen LogP contribution in [-0.4, -0.2) is 4.98 Å². The number of aromatic nitrogens is 1. The number of hydrogen-bond acceptors (Lipinski definition) is 3. The minimum Gasteiger partial charge on any atom is -0.498 e. The van der Waals surface area contributed by atoms with E-state index < -0.39 is 0 Å². The van der Waals surface area contributed by atoms with E-state index in [1.54, 1.807) is 12.1 Å². The molecule has 0 saturated carbocycles. The number of nitrogens with zero attached hydrogens (tertiary/aromatic N) is 2. The molecular weight excluding hydrogens is 156 g/mol. The lowest BCUT2D eigenvalue weighted by atomic mass is 10.3. The van der Waals surface area contributed by atoms with Crippen molar-refractivity contribution in [2.75, 3.05) is 0 Å². The van der Waals surface area contributed by atoms with Crippen LogP contribution >= 0.6 is 0 Å². The number of benzene rings is 1. The van der Waals surface area contributed by atoms with Crippen molar-refractivity contribution in [2.45, 2.75) is 0 Å². The lowest BCUT2D eigenvalue weighted by Crippen LogP contribution is -1.68. The van der Waals surface area contributed by atoms with Crippen LogP contribution in [0.5, 0.6) is 0 Å². The zero-order valence-corrected chi connectivity index (χ0v) is 6.02. The highest BCUT2D eigenvalue weighted by molar-refractivity contribution is 5.72. The van der Waals surface area contributed by atoms with Gasteiger partial charge in [-0.25, -0.2) is 0 Å². The van der Waals surface area contributed by atoms with E-state index in [2.05, 4.69) is 16.1 Å². The summed E-state index contributed by atoms with van der Waals surface area (Å²) < 4.78 is 5.09. The lowest BCUT2D eigenvalue weighted by Gasteiger charge is -1.79. The van der Waals surface area contributed by atoms with Gasteiger partial charge in [-0.3, -0.25) is 0 Å². The predicted molar refractivity (Wildman–Crippen MR) is 43.7 cm³/mol. The van der Waals surface area contributed by atoms with E-state index >= 15 is 0 Å². The first kappa shape index (κ1) is 6.68. The van der Waals surface area contributed by atoms with E-state index in [0.717, 1.165) is 0 Å². The molecule has 0 radical (unpaired) electrons. The van der Waals surface area contributed by atoms with Crippen LogP contribution in [0.4, 0.5) is 0 Å². The first-order chi connectivity index (χ1) is 5.90. The van der Waals surface area contributed by atoms with Crippen LogP contribution in [0.15, 0.2) is 28.7 Å². The molecule has 58 valence electrons. The SMILES string of the molecule is [O-][N+]#Cc1nc2ccccc2o1. The molecule has 1 aromatic heterocycles. The van der Waals surface area contributed by atoms with Gasteiger partial charge in [-0.05, 0) is 12.1 Å². The number of oxazole rings is 1. The molecule has 0 aliphatic rings. The van der Waals surface area contributed by atoms with Crippen molar-refractivity contribution in [1.82, 2.24) is 4.98 Å². The average Bonchev–Trinajstić information content (AvgIpc) is 2.47. The maximum atomic E-state index is 9.79. The number of para-hydroxylation sites is 2. The van der Waals surface area contributed by atoms with Crippen molar-refractivity contribution >= 4 is 11.1 Å². The zero-order chi connectivity index (χ0) is 8.39. The molecule has 0 N–H and O–H groups in total. The molecule has 0 aliphatic carbocycles. The van der Waals surface area contributed by atoms with Gasteiger partial charge in [0.2, 0.25) is 0 Å². The fourth-order valence-electron chi connectivity index (χ4n) is 0.959. The van der Waals surface area contributed by atoms with Gasteiger partial charge in [0.1, 0.15) is 5.52 Å². The Labute approximate surface area is 67.8 Å². The van der Waals surface area contributed by atoms with Crippen LogP contribution in [0.25, 0.3) is 16.1 Å². The molecule has 1 heterocycles. The molecular formula is C8H4N2O2. The van der Waals surface area contributed by atoms with E-state index in [0.29, 0.717) is 11.1 Å². The van der Waals surface area contributed by atoms with Gasteiger partial charge < -0.3 is 9.62 Å². The normalized spacial score (nSPS) is 9.33. The average molecular weight is 160 g/mol. The summed E-state index contributed by atoms with van der Waals surface area (Å²) in [4.78, 5) is 3.93. The van der Waals surface area contributed by atoms with Gasteiger partial charge in [-0.2, -0.15) is 4.98 Å². The molecule has 4 heteroatoms. The summed E-state index contributed by atoms with van der Waals surface area (Å²) in [5, 5.41) is 12.2. The fourth-order valence-corrected chi connectivity index (χ4v) is 0.959. The summed E-state index contributed by atoms with van der Waals surface area (Å²) in [6.45, 7) is 0. The minimum absolute atomic E-state index is 0.117. The number of rotatable bonds is 0. The van der Waals surface area contributed by atoms with Crippen LogP contribution in [0.3, 0.4) is 0 Å². The Bertz CT molecular complexity index is 431. The van der Waals surface area contributed by atoms with E-state index in [1.165, 1.54) is 0 Å². The molecule has 0 bridgehead atoms. The third-order valence-electron chi connectivity index (χ3n) is 1.44. The Morgan fingerprint density at radius 1 is 1.42 bits per heavy atom. The maximum absolute atomic E-state index is 9.79. The highest BCUT2D eigenvalue weighted by Gasteiger charge is 2.05. The van der Waals surface area contributed by atoms with Crippen molar-refractivity contribution in [1.29, 1.82) is 0 Å². The molecule has 0 atom stereocenters. The predicted octanol–water partition coefficient (Wildman–Crippen LogP) is 2.01. The van der Waals surface area contributed by atoms with E-state index in [9.17, 15) is 5.21 Å². The van der Waals surface area contributed by atoms with E-state index in [1.807, 2.05) is 12.1 Å². The molecule has 0 fully saturated rings. The van der Waals surface area contributed by atoms with Crippen LogP contribution in [0.1, 0.15) is 5.89 Å². The van der Waals surface area contributed by atoms with Gasteiger partial charge in [-0.15, -0.1) is 0 Å². The van der Waals surface area contributed by atoms with Gasteiger partial charge in [0.05, 0.1) is 0 Å². The topological polar surface area (TPSA) is 53.5 Å². The summed E-state index contributed by atoms with van der Waals surface area (Å²) in [5.41, 5.74) is 1.33. The third-order valence-corrected chi connectivity index (χ3v) is 1.44. The van der Waals surface area contributed by atoms with E-state index in [-0.39, 0.29) is 5.89 Å². The molecule has 1 aromatic carbocycles. The van der Waals surface area contributed by atoms with Crippen molar-refractivity contribution in [3.63, 3.8) is 0 Å². The summed E-state index contributed by atoms with van der Waals surface area (Å²) in [7, 11) is 0. The zero-order valence-electron chi connectivity index (χ0n) is 6.02. The minimum atomic E-state index is 0.117. The molecule has 2 rings (SSSR count). The van der Waals surface area contributed by atoms with Crippen molar-refractivity contribution in [3.8, 4) is 6.07 Å². The molecule has 0 saturated heterocycles. The van der Waals surface area contributed by atoms with E-state index in [4.69, 9.17) is 4.42 Å². The standard InChI is InChI=1S/C8H4N2O2/c11-9-5-8-10-6-3-1-2-4-7(6)12-8/h1-4H. The molecule has 0 unspecified atom stereocenters. The highest BCUT2D eigenvalue weighted by atomic mass is 16.4. The van der Waals surface area contributed by atoms with Gasteiger partial charge >= 0.3 is 12.0 Å². The summed E-state index contributed by atoms with van der Waals surface area (Å²) in [6, 6.07) is 9.30. The Balaban J connectivity index is 2.67. The quantitative estimate of drug-likeness (QED) is 0.554. The Hall–Kier alpha value is -2.02. The smallest absolute Gasteiger partial charge is 0.398 e. The third kappa shape index (κ3) is 0.974. The fraction of sp³-hybridized carbons (Fsp3) is 0. The van der Waals surface area contributed by atoms with Crippen molar-refractivity contribution < 1.29 is 4.42 Å². The summed E-state index contributed by atoms with van der Waals surface area (Å²) >= 11 is 0. The maximum Gasteiger partial charge on any atom is 0.398 e. The van der Waals surface area contributed by atoms with Crippen LogP contribution in [0, 0.1) is 11.3 Å². The van der Waals surface area contributed by atoms with Crippen LogP contribution < -0.4 is 0 Å². The first-order valence-electron chi connectivity index (χ1n) is 3.34.